The highest BCUT2D eigenvalue weighted by atomic mass is 32.3. The van der Waals surface area contributed by atoms with Gasteiger partial charge in [0.15, 0.2) is 5.78 Å². The predicted octanol–water partition coefficient (Wildman–Crippen LogP) is 1.39. The smallest absolute Gasteiger partial charge is 0.397 e. The molecule has 0 aliphatic carbocycles. The van der Waals surface area contributed by atoms with Gasteiger partial charge in [0.25, 0.3) is 0 Å². The fourth-order valence-electron chi connectivity index (χ4n) is 4.03. The number of aromatic hydroxyl groups is 1. The first-order valence-corrected chi connectivity index (χ1v) is 12.3. The van der Waals surface area contributed by atoms with E-state index in [9.17, 15) is 33.6 Å². The topological polar surface area (TPSA) is 193 Å². The Balaban J connectivity index is 1.64. The summed E-state index contributed by atoms with van der Waals surface area (Å²) in [6.45, 7) is -0.879. The number of carbonyl (C=O) groups excluding carboxylic acids is 1. The molecule has 13 heteroatoms. The van der Waals surface area contributed by atoms with Gasteiger partial charge in [-0.2, -0.15) is 8.42 Å². The number of aliphatic hydroxyl groups is 3. The van der Waals surface area contributed by atoms with Crippen LogP contribution in [0.25, 0.3) is 17.0 Å². The number of rotatable bonds is 8. The Morgan fingerprint density at radius 2 is 1.84 bits per heavy atom. The van der Waals surface area contributed by atoms with Gasteiger partial charge in [0, 0.05) is 17.0 Å². The zero-order chi connectivity index (χ0) is 26.9. The van der Waals surface area contributed by atoms with E-state index in [4.69, 9.17) is 18.4 Å². The van der Waals surface area contributed by atoms with E-state index in [1.54, 1.807) is 24.3 Å². The summed E-state index contributed by atoms with van der Waals surface area (Å²) in [5, 5.41) is 42.4. The molecule has 5 atom stereocenters. The highest BCUT2D eigenvalue weighted by molar-refractivity contribution is 7.80. The van der Waals surface area contributed by atoms with Gasteiger partial charge < -0.3 is 34.3 Å². The molecule has 198 valence electrons. The Morgan fingerprint density at radius 1 is 1.08 bits per heavy atom. The molecular formula is C24H24O12S. The van der Waals surface area contributed by atoms with Crippen LogP contribution in [0.15, 0.2) is 53.2 Å². The molecule has 1 fully saturated rings. The van der Waals surface area contributed by atoms with Crippen molar-refractivity contribution < 1.29 is 56.3 Å². The quantitative estimate of drug-likeness (QED) is 0.158. The summed E-state index contributed by atoms with van der Waals surface area (Å²) in [5.74, 6) is -1.06. The number of ketones is 1. The number of hydrogen-bond acceptors (Lipinski definition) is 11. The lowest BCUT2D eigenvalue weighted by atomic mass is 9.89. The molecule has 0 amide bonds. The molecule has 37 heavy (non-hydrogen) atoms. The van der Waals surface area contributed by atoms with Crippen molar-refractivity contribution in [3.05, 3.63) is 65.4 Å². The van der Waals surface area contributed by atoms with Crippen LogP contribution < -0.4 is 4.74 Å². The first-order chi connectivity index (χ1) is 17.5. The Labute approximate surface area is 210 Å². The second kappa shape index (κ2) is 10.6. The van der Waals surface area contributed by atoms with Gasteiger partial charge in [-0.3, -0.25) is 9.35 Å². The standard InChI is InChI=1S/C24H24O12S/c1-33-19-10-17(26)14(16(25)4-2-12-3-5-18-13(8-12)6-7-34-18)9-15(19)24-23(29)22(28)21(27)20(36-24)11-35-37(30,31)32/h2-10,20-24,26-29H,11H2,1H3,(H,30,31,32). The van der Waals surface area contributed by atoms with Crippen LogP contribution in [-0.2, 0) is 19.3 Å². The molecule has 1 aliphatic heterocycles. The van der Waals surface area contributed by atoms with Crippen LogP contribution in [0, 0.1) is 0 Å². The highest BCUT2D eigenvalue weighted by Gasteiger charge is 2.46. The van der Waals surface area contributed by atoms with E-state index in [0.717, 1.165) is 11.5 Å². The molecule has 0 saturated carbocycles. The van der Waals surface area contributed by atoms with Crippen molar-refractivity contribution in [1.82, 2.24) is 0 Å². The molecule has 0 spiro atoms. The average molecular weight is 537 g/mol. The minimum absolute atomic E-state index is 0.0205. The summed E-state index contributed by atoms with van der Waals surface area (Å²) in [6, 6.07) is 9.36. The number of phenols is 1. The van der Waals surface area contributed by atoms with Crippen molar-refractivity contribution in [3.8, 4) is 11.5 Å². The minimum atomic E-state index is -4.89. The van der Waals surface area contributed by atoms with Gasteiger partial charge in [-0.15, -0.1) is 0 Å². The molecule has 12 nitrogen and oxygen atoms in total. The highest BCUT2D eigenvalue weighted by Crippen LogP contribution is 2.40. The number of allylic oxidation sites excluding steroid dienone is 1. The summed E-state index contributed by atoms with van der Waals surface area (Å²) < 4.78 is 51.1. The molecule has 1 saturated heterocycles. The number of ether oxygens (including phenoxy) is 2. The first kappa shape index (κ1) is 26.8. The molecule has 5 unspecified atom stereocenters. The van der Waals surface area contributed by atoms with Gasteiger partial charge in [-0.25, -0.2) is 4.18 Å². The van der Waals surface area contributed by atoms with E-state index in [0.29, 0.717) is 11.1 Å². The van der Waals surface area contributed by atoms with E-state index in [2.05, 4.69) is 4.18 Å². The number of fused-ring (bicyclic) bond motifs is 1. The van der Waals surface area contributed by atoms with Crippen LogP contribution in [0.1, 0.15) is 27.6 Å². The summed E-state index contributed by atoms with van der Waals surface area (Å²) in [4.78, 5) is 12.9. The van der Waals surface area contributed by atoms with Crippen molar-refractivity contribution in [2.24, 2.45) is 0 Å². The molecule has 3 aromatic rings. The number of phenolic OH excluding ortho intramolecular Hbond substituents is 1. The maximum atomic E-state index is 12.9. The van der Waals surface area contributed by atoms with Crippen LogP contribution in [0.4, 0.5) is 0 Å². The van der Waals surface area contributed by atoms with Gasteiger partial charge in [0.1, 0.15) is 47.6 Å². The van der Waals surface area contributed by atoms with E-state index >= 15 is 0 Å². The van der Waals surface area contributed by atoms with Crippen molar-refractivity contribution >= 4 is 33.2 Å². The van der Waals surface area contributed by atoms with E-state index < -0.39 is 59.1 Å². The van der Waals surface area contributed by atoms with Crippen molar-refractivity contribution in [2.45, 2.75) is 30.5 Å². The predicted molar refractivity (Wildman–Crippen MR) is 127 cm³/mol. The Kier molecular flexibility index (Phi) is 7.66. The van der Waals surface area contributed by atoms with Gasteiger partial charge >= 0.3 is 10.4 Å². The molecule has 1 aliphatic rings. The minimum Gasteiger partial charge on any atom is -0.507 e. The Hall–Kier alpha value is -3.30. The lowest BCUT2D eigenvalue weighted by molar-refractivity contribution is -0.230. The number of benzene rings is 2. The van der Waals surface area contributed by atoms with Crippen LogP contribution in [0.3, 0.4) is 0 Å². The van der Waals surface area contributed by atoms with Gasteiger partial charge in [0.05, 0.1) is 25.5 Å². The summed E-state index contributed by atoms with van der Waals surface area (Å²) in [7, 11) is -3.63. The van der Waals surface area contributed by atoms with Crippen LogP contribution >= 0.6 is 0 Å². The first-order valence-electron chi connectivity index (χ1n) is 10.9. The third-order valence-corrected chi connectivity index (χ3v) is 6.35. The maximum absolute atomic E-state index is 12.9. The van der Waals surface area contributed by atoms with Crippen LogP contribution in [-0.4, -0.2) is 77.3 Å². The zero-order valence-electron chi connectivity index (χ0n) is 19.3. The molecule has 2 heterocycles. The number of aliphatic hydroxyl groups excluding tert-OH is 3. The van der Waals surface area contributed by atoms with Crippen LogP contribution in [0.2, 0.25) is 0 Å². The Bertz CT molecular complexity index is 1430. The zero-order valence-corrected chi connectivity index (χ0v) is 20.1. The largest absolute Gasteiger partial charge is 0.507 e. The molecule has 5 N–H and O–H groups in total. The SMILES string of the molecule is COc1cc(O)c(C(=O)C=Cc2ccc3occc3c2)cc1C1OC(COS(=O)(=O)O)C(O)C(O)C1O. The van der Waals surface area contributed by atoms with E-state index in [-0.39, 0.29) is 16.9 Å². The molecular weight excluding hydrogens is 512 g/mol. The number of carbonyl (C=O) groups is 1. The third kappa shape index (κ3) is 5.83. The van der Waals surface area contributed by atoms with Gasteiger partial charge in [0.2, 0.25) is 0 Å². The fraction of sp³-hybridized carbons (Fsp3) is 0.292. The lowest BCUT2D eigenvalue weighted by Crippen LogP contribution is -2.55. The second-order valence-electron chi connectivity index (χ2n) is 8.31. The monoisotopic (exact) mass is 536 g/mol. The van der Waals surface area contributed by atoms with Crippen LogP contribution in [0.5, 0.6) is 11.5 Å². The van der Waals surface area contributed by atoms with Gasteiger partial charge in [-0.1, -0.05) is 12.1 Å². The third-order valence-electron chi connectivity index (χ3n) is 5.92. The molecule has 4 rings (SSSR count). The molecule has 1 aromatic heterocycles. The fourth-order valence-corrected chi connectivity index (χ4v) is 4.34. The van der Waals surface area contributed by atoms with E-state index in [1.165, 1.54) is 31.6 Å². The number of furan rings is 1. The molecule has 0 radical (unpaired) electrons. The molecule has 2 aromatic carbocycles. The van der Waals surface area contributed by atoms with Crippen molar-refractivity contribution in [3.63, 3.8) is 0 Å². The normalized spacial score (nSPS) is 24.5. The molecule has 0 bridgehead atoms. The second-order valence-corrected chi connectivity index (χ2v) is 9.40. The summed E-state index contributed by atoms with van der Waals surface area (Å²) in [5.41, 5.74) is 1.21. The summed E-state index contributed by atoms with van der Waals surface area (Å²) >= 11 is 0. The average Bonchev–Trinajstić information content (AvgIpc) is 3.33. The lowest BCUT2D eigenvalue weighted by Gasteiger charge is -2.40. The van der Waals surface area contributed by atoms with E-state index in [1.807, 2.05) is 0 Å². The summed E-state index contributed by atoms with van der Waals surface area (Å²) in [6.07, 6.45) is -3.97. The van der Waals surface area contributed by atoms with Gasteiger partial charge in [-0.05, 0) is 35.9 Å². The number of methoxy groups -OCH3 is 1. The van der Waals surface area contributed by atoms with Crippen molar-refractivity contribution in [1.29, 1.82) is 0 Å². The maximum Gasteiger partial charge on any atom is 0.397 e. The Morgan fingerprint density at radius 3 is 2.54 bits per heavy atom. The van der Waals surface area contributed by atoms with Crippen molar-refractivity contribution in [2.75, 3.05) is 13.7 Å². The number of hydrogen-bond donors (Lipinski definition) is 5.